The third-order valence-corrected chi connectivity index (χ3v) is 13.8. The molecule has 0 bridgehead atoms. The predicted octanol–water partition coefficient (Wildman–Crippen LogP) is 6.25. The molecular weight excluding hydrogens is 400 g/mol. The maximum absolute atomic E-state index is 4.06. The zero-order valence-electron chi connectivity index (χ0n) is 20.9. The standard InChI is InChI=1S/C31H35Si/c1-21-14-16-23(3)29(18-21)32(28-12-10-9-11-13-28,30-19-22(2)15-17-24(30)4)31(8)20-25(5)26(6)27(31)7/h9-19H,1-8H3. The summed E-state index contributed by atoms with van der Waals surface area (Å²) in [5.41, 5.74) is 9.57. The highest BCUT2D eigenvalue weighted by Gasteiger charge is 2.57. The number of benzene rings is 3. The van der Waals surface area contributed by atoms with Gasteiger partial charge < -0.3 is 0 Å². The van der Waals surface area contributed by atoms with Crippen LogP contribution in [0.5, 0.6) is 0 Å². The summed E-state index contributed by atoms with van der Waals surface area (Å²) in [6, 6.07) is 25.4. The Balaban J connectivity index is 2.30. The molecule has 0 saturated carbocycles. The van der Waals surface area contributed by atoms with Crippen LogP contribution in [0, 0.1) is 33.8 Å². The van der Waals surface area contributed by atoms with Gasteiger partial charge >= 0.3 is 0 Å². The molecule has 3 aromatic carbocycles. The molecule has 4 rings (SSSR count). The van der Waals surface area contributed by atoms with Gasteiger partial charge in [-0.2, -0.15) is 0 Å². The van der Waals surface area contributed by atoms with E-state index in [1.807, 2.05) is 0 Å². The quantitative estimate of drug-likeness (QED) is 0.336. The van der Waals surface area contributed by atoms with Gasteiger partial charge in [-0.05, 0) is 81.2 Å². The van der Waals surface area contributed by atoms with Gasteiger partial charge in [-0.25, -0.2) is 0 Å². The topological polar surface area (TPSA) is 0 Å². The van der Waals surface area contributed by atoms with E-state index in [2.05, 4.69) is 128 Å². The molecule has 1 atom stereocenters. The zero-order chi connectivity index (χ0) is 23.3. The van der Waals surface area contributed by atoms with E-state index in [1.165, 1.54) is 54.5 Å². The Morgan fingerprint density at radius 2 is 1.16 bits per heavy atom. The largest absolute Gasteiger partial charge is 0.163 e. The molecule has 0 aromatic heterocycles. The molecule has 1 unspecified atom stereocenters. The number of hydrogen-bond donors (Lipinski definition) is 0. The molecule has 1 heteroatoms. The molecule has 32 heavy (non-hydrogen) atoms. The second-order valence-electron chi connectivity index (χ2n) is 9.88. The smallest absolute Gasteiger partial charge is 0.0624 e. The molecule has 0 saturated heterocycles. The van der Waals surface area contributed by atoms with Crippen LogP contribution in [-0.4, -0.2) is 8.07 Å². The molecule has 0 nitrogen and oxygen atoms in total. The number of aryl methyl sites for hydroxylation is 4. The van der Waals surface area contributed by atoms with E-state index in [9.17, 15) is 0 Å². The lowest BCUT2D eigenvalue weighted by molar-refractivity contribution is 0.847. The van der Waals surface area contributed by atoms with Crippen molar-refractivity contribution in [2.45, 2.75) is 60.4 Å². The lowest BCUT2D eigenvalue weighted by atomic mass is 10.0. The maximum atomic E-state index is 4.06. The van der Waals surface area contributed by atoms with E-state index in [0.717, 1.165) is 0 Å². The molecule has 0 heterocycles. The van der Waals surface area contributed by atoms with Gasteiger partial charge in [0.2, 0.25) is 0 Å². The Kier molecular flexibility index (Phi) is 5.67. The fourth-order valence-corrected chi connectivity index (χ4v) is 12.5. The van der Waals surface area contributed by atoms with Gasteiger partial charge in [0.05, 0.1) is 0 Å². The van der Waals surface area contributed by atoms with Gasteiger partial charge in [0, 0.05) is 5.04 Å². The molecule has 0 spiro atoms. The van der Waals surface area contributed by atoms with Crippen molar-refractivity contribution in [3.8, 4) is 0 Å². The Morgan fingerprint density at radius 3 is 1.59 bits per heavy atom. The van der Waals surface area contributed by atoms with Crippen molar-refractivity contribution in [1.82, 2.24) is 0 Å². The van der Waals surface area contributed by atoms with Gasteiger partial charge in [0.15, 0.2) is 8.07 Å². The second-order valence-corrected chi connectivity index (χ2v) is 14.0. The molecule has 1 radical (unpaired) electrons. The van der Waals surface area contributed by atoms with Crippen molar-refractivity contribution >= 4 is 23.6 Å². The summed E-state index contributed by atoms with van der Waals surface area (Å²) < 4.78 is 0. The minimum Gasteiger partial charge on any atom is -0.0624 e. The molecule has 0 fully saturated rings. The first-order chi connectivity index (χ1) is 15.1. The Morgan fingerprint density at radius 1 is 0.656 bits per heavy atom. The summed E-state index contributed by atoms with van der Waals surface area (Å²) in [5, 5.41) is 4.29. The normalized spacial score (nSPS) is 18.8. The van der Waals surface area contributed by atoms with Gasteiger partial charge in [0.1, 0.15) is 0 Å². The van der Waals surface area contributed by atoms with E-state index in [0.29, 0.717) is 0 Å². The van der Waals surface area contributed by atoms with Crippen LogP contribution in [0.2, 0.25) is 5.04 Å². The first-order valence-corrected chi connectivity index (χ1v) is 13.6. The number of hydrogen-bond acceptors (Lipinski definition) is 0. The highest BCUT2D eigenvalue weighted by atomic mass is 28.3. The summed E-state index contributed by atoms with van der Waals surface area (Å²) in [6.45, 7) is 18.4. The van der Waals surface area contributed by atoms with Gasteiger partial charge in [0.25, 0.3) is 0 Å². The van der Waals surface area contributed by atoms with Gasteiger partial charge in [-0.1, -0.05) is 101 Å². The summed E-state index contributed by atoms with van der Waals surface area (Å²) in [4.78, 5) is 0. The summed E-state index contributed by atoms with van der Waals surface area (Å²) in [6.07, 6.45) is 4.06. The highest BCUT2D eigenvalue weighted by Crippen LogP contribution is 2.52. The molecule has 0 amide bonds. The van der Waals surface area contributed by atoms with Crippen LogP contribution in [0.25, 0.3) is 0 Å². The van der Waals surface area contributed by atoms with E-state index in [1.54, 1.807) is 0 Å². The van der Waals surface area contributed by atoms with Crippen LogP contribution >= 0.6 is 0 Å². The average Bonchev–Trinajstić information content (AvgIpc) is 2.97. The van der Waals surface area contributed by atoms with Crippen molar-refractivity contribution < 1.29 is 0 Å². The molecule has 163 valence electrons. The maximum Gasteiger partial charge on any atom is 0.163 e. The fourth-order valence-electron chi connectivity index (χ4n) is 5.85. The van der Waals surface area contributed by atoms with E-state index in [4.69, 9.17) is 0 Å². The molecule has 3 aromatic rings. The number of rotatable bonds is 4. The Bertz CT molecular complexity index is 1190. The minimum atomic E-state index is -2.60. The lowest BCUT2D eigenvalue weighted by Crippen LogP contribution is -2.74. The van der Waals surface area contributed by atoms with Crippen LogP contribution in [0.15, 0.2) is 83.4 Å². The van der Waals surface area contributed by atoms with Crippen molar-refractivity contribution in [2.75, 3.05) is 0 Å². The Hall–Kier alpha value is -2.64. The zero-order valence-corrected chi connectivity index (χ0v) is 21.9. The van der Waals surface area contributed by atoms with Gasteiger partial charge in [-0.3, -0.25) is 0 Å². The van der Waals surface area contributed by atoms with Crippen molar-refractivity contribution in [3.63, 3.8) is 0 Å². The Labute approximate surface area is 195 Å². The predicted molar refractivity (Wildman–Crippen MR) is 142 cm³/mol. The first-order valence-electron chi connectivity index (χ1n) is 11.6. The van der Waals surface area contributed by atoms with E-state index in [-0.39, 0.29) is 5.04 Å². The average molecular weight is 436 g/mol. The van der Waals surface area contributed by atoms with Crippen LogP contribution in [0.1, 0.15) is 49.9 Å². The molecular formula is C31H35Si. The lowest BCUT2D eigenvalue weighted by Gasteiger charge is -2.48. The van der Waals surface area contributed by atoms with E-state index >= 15 is 0 Å². The van der Waals surface area contributed by atoms with Crippen LogP contribution < -0.4 is 15.6 Å². The summed E-state index contributed by atoms with van der Waals surface area (Å²) in [5.74, 6) is 0. The van der Waals surface area contributed by atoms with Crippen LogP contribution in [0.4, 0.5) is 0 Å². The SMILES string of the molecule is CC1=[C]C(C)([Si](c2ccccc2)(c2cc(C)ccc2C)c2cc(C)ccc2C)C(C)=C1C. The number of allylic oxidation sites excluding steroid dienone is 4. The third kappa shape index (κ3) is 3.18. The molecule has 0 aliphatic heterocycles. The molecule has 1 aliphatic carbocycles. The second kappa shape index (κ2) is 8.05. The summed E-state index contributed by atoms with van der Waals surface area (Å²) in [7, 11) is -2.60. The van der Waals surface area contributed by atoms with Crippen LogP contribution in [-0.2, 0) is 0 Å². The minimum absolute atomic E-state index is 0.181. The highest BCUT2D eigenvalue weighted by molar-refractivity contribution is 7.14. The molecule has 1 aliphatic rings. The van der Waals surface area contributed by atoms with Crippen molar-refractivity contribution in [3.05, 3.63) is 112 Å². The van der Waals surface area contributed by atoms with Gasteiger partial charge in [-0.15, -0.1) is 0 Å². The van der Waals surface area contributed by atoms with Crippen molar-refractivity contribution in [2.24, 2.45) is 0 Å². The monoisotopic (exact) mass is 435 g/mol. The fraction of sp³-hybridized carbons (Fsp3) is 0.290. The van der Waals surface area contributed by atoms with Crippen molar-refractivity contribution in [1.29, 1.82) is 0 Å². The summed E-state index contributed by atoms with van der Waals surface area (Å²) >= 11 is 0. The first kappa shape index (κ1) is 22.5. The molecule has 0 N–H and O–H groups in total. The van der Waals surface area contributed by atoms with Crippen LogP contribution in [0.3, 0.4) is 0 Å². The third-order valence-electron chi connectivity index (χ3n) is 7.86. The van der Waals surface area contributed by atoms with E-state index < -0.39 is 8.07 Å².